The lowest BCUT2D eigenvalue weighted by atomic mass is 9.98. The Morgan fingerprint density at radius 3 is 2.21 bits per heavy atom. The molecule has 1 saturated heterocycles. The monoisotopic (exact) mass is 639 g/mol. The normalized spacial score (nSPS) is 17.7. The van der Waals surface area contributed by atoms with E-state index in [9.17, 15) is 14.4 Å². The van der Waals surface area contributed by atoms with Gasteiger partial charge < -0.3 is 19.5 Å². The van der Waals surface area contributed by atoms with E-state index in [1.807, 2.05) is 57.2 Å². The lowest BCUT2D eigenvalue weighted by Gasteiger charge is -2.35. The minimum absolute atomic E-state index is 0.109. The number of hydrogen-bond donors (Lipinski definition) is 2. The summed E-state index contributed by atoms with van der Waals surface area (Å²) in [5.74, 6) is -1.19. The number of rotatable bonds is 9. The Labute approximate surface area is 261 Å². The molecule has 0 saturated carbocycles. The molecule has 2 N–H and O–H groups in total. The van der Waals surface area contributed by atoms with Gasteiger partial charge in [0.25, 0.3) is 5.91 Å². The van der Waals surface area contributed by atoms with E-state index in [2.05, 4.69) is 22.9 Å². The molecule has 228 valence electrons. The predicted molar refractivity (Wildman–Crippen MR) is 161 cm³/mol. The van der Waals surface area contributed by atoms with E-state index in [4.69, 9.17) is 49.0 Å². The summed E-state index contributed by atoms with van der Waals surface area (Å²) < 4.78 is 14.9. The van der Waals surface area contributed by atoms with Crippen LogP contribution in [0.4, 0.5) is 4.79 Å². The van der Waals surface area contributed by atoms with Crippen molar-refractivity contribution >= 4 is 52.8 Å². The van der Waals surface area contributed by atoms with Gasteiger partial charge in [-0.1, -0.05) is 83.3 Å². The van der Waals surface area contributed by atoms with E-state index < -0.39 is 46.1 Å². The molecule has 2 aromatic rings. The Balaban J connectivity index is 1.40. The van der Waals surface area contributed by atoms with Crippen molar-refractivity contribution in [2.75, 3.05) is 26.4 Å². The third-order valence-electron chi connectivity index (χ3n) is 6.99. The van der Waals surface area contributed by atoms with E-state index in [1.54, 1.807) is 0 Å². The number of ether oxygens (including phenoxy) is 3. The Hall–Kier alpha value is -2.56. The first-order valence-corrected chi connectivity index (χ1v) is 15.0. The van der Waals surface area contributed by atoms with Crippen LogP contribution in [0.25, 0.3) is 11.1 Å². The van der Waals surface area contributed by atoms with Crippen molar-refractivity contribution in [2.24, 2.45) is 0 Å². The second kappa shape index (κ2) is 13.8. The summed E-state index contributed by atoms with van der Waals surface area (Å²) in [5.41, 5.74) is 6.87. The number of amides is 2. The predicted octanol–water partition coefficient (Wildman–Crippen LogP) is 5.51. The molecule has 0 aromatic heterocycles. The first-order valence-electron chi connectivity index (χ1n) is 13.9. The van der Waals surface area contributed by atoms with Gasteiger partial charge in [-0.3, -0.25) is 14.6 Å². The van der Waals surface area contributed by atoms with Crippen molar-refractivity contribution in [3.8, 4) is 11.1 Å². The molecule has 1 fully saturated rings. The molecule has 1 aliphatic heterocycles. The minimum Gasteiger partial charge on any atom is -0.460 e. The van der Waals surface area contributed by atoms with Gasteiger partial charge in [-0.05, 0) is 55.9 Å². The molecule has 1 aliphatic carbocycles. The Morgan fingerprint density at radius 2 is 1.62 bits per heavy atom. The highest BCUT2D eigenvalue weighted by Crippen LogP contribution is 2.44. The Kier molecular flexibility index (Phi) is 10.6. The summed E-state index contributed by atoms with van der Waals surface area (Å²) in [7, 11) is 0. The largest absolute Gasteiger partial charge is 0.460 e. The maximum Gasteiger partial charge on any atom is 0.407 e. The fourth-order valence-electron chi connectivity index (χ4n) is 5.08. The van der Waals surface area contributed by atoms with E-state index in [1.165, 1.54) is 5.01 Å². The zero-order valence-corrected chi connectivity index (χ0v) is 26.1. The highest BCUT2D eigenvalue weighted by atomic mass is 35.6. The van der Waals surface area contributed by atoms with Crippen molar-refractivity contribution < 1.29 is 28.6 Å². The standard InChI is InChI=1S/C30H36Cl3N3O6/c1-29(2,3)42-16-14-24(26(37)36-15-8-13-25(35-36)27(38)41-18-30(31,32)33)34-28(39)40-17-23-21-11-6-4-9-19(21)20-10-5-7-12-22(20)23/h4-7,9-12,23-25,35H,8,13-18H2,1-3H3,(H,34,39). The zero-order chi connectivity index (χ0) is 30.5. The summed E-state index contributed by atoms with van der Waals surface area (Å²) in [6.45, 7) is 5.95. The first-order chi connectivity index (χ1) is 19.8. The van der Waals surface area contributed by atoms with Crippen LogP contribution in [0.15, 0.2) is 48.5 Å². The number of fused-ring (bicyclic) bond motifs is 3. The summed E-state index contributed by atoms with van der Waals surface area (Å²) in [6, 6.07) is 14.3. The number of nitrogens with zero attached hydrogens (tertiary/aromatic N) is 1. The van der Waals surface area contributed by atoms with Crippen LogP contribution in [0.1, 0.15) is 57.1 Å². The zero-order valence-electron chi connectivity index (χ0n) is 23.8. The summed E-state index contributed by atoms with van der Waals surface area (Å²) in [6.07, 6.45) is 0.435. The van der Waals surface area contributed by atoms with Crippen LogP contribution in [-0.4, -0.2) is 70.8 Å². The van der Waals surface area contributed by atoms with Gasteiger partial charge in [0.15, 0.2) is 0 Å². The molecule has 1 heterocycles. The minimum atomic E-state index is -1.75. The van der Waals surface area contributed by atoms with Crippen LogP contribution >= 0.6 is 34.8 Å². The van der Waals surface area contributed by atoms with Gasteiger partial charge >= 0.3 is 12.1 Å². The number of hydrogen-bond acceptors (Lipinski definition) is 7. The summed E-state index contributed by atoms with van der Waals surface area (Å²) in [5, 5.41) is 4.04. The molecule has 2 aliphatic rings. The third kappa shape index (κ3) is 8.74. The highest BCUT2D eigenvalue weighted by Gasteiger charge is 2.35. The molecule has 12 heteroatoms. The average molecular weight is 641 g/mol. The SMILES string of the molecule is CC(C)(C)OCCC(NC(=O)OCC1c2ccccc2-c2ccccc21)C(=O)N1CCCC(C(=O)OCC(Cl)(Cl)Cl)N1. The smallest absolute Gasteiger partial charge is 0.407 e. The van der Waals surface area contributed by atoms with Crippen LogP contribution in [0, 0.1) is 0 Å². The van der Waals surface area contributed by atoms with Crippen molar-refractivity contribution in [1.29, 1.82) is 0 Å². The van der Waals surface area contributed by atoms with Crippen molar-refractivity contribution in [3.63, 3.8) is 0 Å². The summed E-state index contributed by atoms with van der Waals surface area (Å²) in [4.78, 5) is 39.2. The first kappa shape index (κ1) is 32.4. The Morgan fingerprint density at radius 1 is 1.00 bits per heavy atom. The molecule has 9 nitrogen and oxygen atoms in total. The average Bonchev–Trinajstić information content (AvgIpc) is 3.26. The maximum atomic E-state index is 13.6. The molecule has 2 aromatic carbocycles. The molecule has 4 rings (SSSR count). The number of alkyl halides is 3. The van der Waals surface area contributed by atoms with Gasteiger partial charge in [0, 0.05) is 25.5 Å². The van der Waals surface area contributed by atoms with Gasteiger partial charge in [-0.2, -0.15) is 0 Å². The molecule has 2 amide bonds. The quantitative estimate of drug-likeness (QED) is 0.275. The molecule has 2 atom stereocenters. The number of halogens is 3. The van der Waals surface area contributed by atoms with E-state index in [0.29, 0.717) is 19.4 Å². The van der Waals surface area contributed by atoms with Crippen LogP contribution in [0.5, 0.6) is 0 Å². The van der Waals surface area contributed by atoms with Gasteiger partial charge in [0.05, 0.1) is 5.60 Å². The van der Waals surface area contributed by atoms with Gasteiger partial charge in [-0.25, -0.2) is 10.2 Å². The fraction of sp³-hybridized carbons (Fsp3) is 0.500. The number of nitrogens with one attached hydrogen (secondary N) is 2. The van der Waals surface area contributed by atoms with Gasteiger partial charge in [0.2, 0.25) is 3.79 Å². The van der Waals surface area contributed by atoms with Crippen molar-refractivity contribution in [1.82, 2.24) is 15.8 Å². The third-order valence-corrected chi connectivity index (χ3v) is 7.32. The molecule has 2 unspecified atom stereocenters. The molecule has 0 radical (unpaired) electrons. The van der Waals surface area contributed by atoms with Gasteiger partial charge in [0.1, 0.15) is 25.3 Å². The number of benzene rings is 2. The van der Waals surface area contributed by atoms with Crippen molar-refractivity contribution in [3.05, 3.63) is 59.7 Å². The molecule has 0 spiro atoms. The number of alkyl carbamates (subject to hydrolysis) is 1. The van der Waals surface area contributed by atoms with Crippen LogP contribution in [0.2, 0.25) is 0 Å². The van der Waals surface area contributed by atoms with Crippen LogP contribution in [-0.2, 0) is 23.8 Å². The van der Waals surface area contributed by atoms with Crippen LogP contribution < -0.4 is 10.7 Å². The Bertz CT molecular complexity index is 1230. The molecule has 42 heavy (non-hydrogen) atoms. The van der Waals surface area contributed by atoms with Crippen molar-refractivity contribution in [2.45, 2.75) is 67.4 Å². The number of hydrazine groups is 1. The summed E-state index contributed by atoms with van der Waals surface area (Å²) >= 11 is 17.1. The van der Waals surface area contributed by atoms with E-state index in [0.717, 1.165) is 22.3 Å². The maximum absolute atomic E-state index is 13.6. The van der Waals surface area contributed by atoms with E-state index in [-0.39, 0.29) is 25.6 Å². The molecule has 0 bridgehead atoms. The lowest BCUT2D eigenvalue weighted by molar-refractivity contribution is -0.152. The fourth-order valence-corrected chi connectivity index (χ4v) is 5.24. The van der Waals surface area contributed by atoms with Crippen LogP contribution in [0.3, 0.4) is 0 Å². The molecular formula is C30H36Cl3N3O6. The molecular weight excluding hydrogens is 605 g/mol. The second-order valence-corrected chi connectivity index (χ2v) is 13.8. The number of carbonyl (C=O) groups excluding carboxylic acids is 3. The number of carbonyl (C=O) groups is 3. The van der Waals surface area contributed by atoms with E-state index >= 15 is 0 Å². The second-order valence-electron chi connectivity index (χ2n) is 11.3. The highest BCUT2D eigenvalue weighted by molar-refractivity contribution is 6.67. The lowest BCUT2D eigenvalue weighted by Crippen LogP contribution is -2.60. The number of esters is 1. The van der Waals surface area contributed by atoms with Gasteiger partial charge in [-0.15, -0.1) is 0 Å². The topological polar surface area (TPSA) is 106 Å².